The molecule has 0 radical (unpaired) electrons. The Morgan fingerprint density at radius 3 is 2.96 bits per heavy atom. The molecule has 0 atom stereocenters. The van der Waals surface area contributed by atoms with Crippen LogP contribution >= 0.6 is 0 Å². The monoisotopic (exact) mass is 306 g/mol. The third kappa shape index (κ3) is 2.36. The lowest BCUT2D eigenvalue weighted by molar-refractivity contribution is 0.102. The van der Waals surface area contributed by atoms with Crippen molar-refractivity contribution in [1.82, 2.24) is 25.1 Å². The van der Waals surface area contributed by atoms with E-state index in [1.54, 1.807) is 12.4 Å². The van der Waals surface area contributed by atoms with Gasteiger partial charge in [-0.2, -0.15) is 5.10 Å². The maximum absolute atomic E-state index is 12.6. The van der Waals surface area contributed by atoms with Gasteiger partial charge in [-0.1, -0.05) is 0 Å². The van der Waals surface area contributed by atoms with E-state index in [9.17, 15) is 4.79 Å². The van der Waals surface area contributed by atoms with Gasteiger partial charge in [-0.25, -0.2) is 9.97 Å². The van der Waals surface area contributed by atoms with Crippen LogP contribution in [0, 0.1) is 6.92 Å². The molecule has 4 rings (SSSR count). The van der Waals surface area contributed by atoms with Gasteiger partial charge >= 0.3 is 0 Å². The summed E-state index contributed by atoms with van der Waals surface area (Å²) in [4.78, 5) is 25.1. The number of amides is 1. The third-order valence-corrected chi connectivity index (χ3v) is 3.89. The first kappa shape index (κ1) is 13.6. The van der Waals surface area contributed by atoms with E-state index in [-0.39, 0.29) is 5.91 Å². The quantitative estimate of drug-likeness (QED) is 0.754. The van der Waals surface area contributed by atoms with Crippen molar-refractivity contribution in [3.8, 4) is 11.3 Å². The van der Waals surface area contributed by atoms with Crippen molar-refractivity contribution >= 4 is 11.6 Å². The summed E-state index contributed by atoms with van der Waals surface area (Å²) in [5.74, 6) is -0.278. The summed E-state index contributed by atoms with van der Waals surface area (Å²) in [6.45, 7) is 1.90. The standard InChI is InChI=1S/C16H14N6O/c1-9-2-4-11(7-18-9)20-16(23)15-13-12(21-22-15)5-3-10-6-17-8-19-14(10)13/h2,4,6-8H,3,5H2,1H3,(H,20,23)(H,21,22). The van der Waals surface area contributed by atoms with Gasteiger partial charge in [0.05, 0.1) is 23.1 Å². The van der Waals surface area contributed by atoms with Crippen LogP contribution in [0.15, 0.2) is 30.9 Å². The molecule has 0 saturated heterocycles. The Labute approximate surface area is 132 Å². The Hall–Kier alpha value is -3.09. The van der Waals surface area contributed by atoms with Crippen molar-refractivity contribution in [2.24, 2.45) is 0 Å². The summed E-state index contributed by atoms with van der Waals surface area (Å²) in [5.41, 5.74) is 5.39. The van der Waals surface area contributed by atoms with Crippen LogP contribution in [0.4, 0.5) is 5.69 Å². The molecule has 0 spiro atoms. The van der Waals surface area contributed by atoms with Crippen LogP contribution in [-0.2, 0) is 12.8 Å². The number of hydrogen-bond acceptors (Lipinski definition) is 5. The number of rotatable bonds is 2. The Balaban J connectivity index is 1.70. The van der Waals surface area contributed by atoms with Gasteiger partial charge in [0.25, 0.3) is 5.91 Å². The van der Waals surface area contributed by atoms with E-state index in [0.29, 0.717) is 11.4 Å². The molecule has 3 aromatic heterocycles. The van der Waals surface area contributed by atoms with Gasteiger partial charge in [0.15, 0.2) is 5.69 Å². The SMILES string of the molecule is Cc1ccc(NC(=O)c2n[nH]c3c2-c2ncncc2CC3)cn1. The molecule has 7 nitrogen and oxygen atoms in total. The molecule has 23 heavy (non-hydrogen) atoms. The molecule has 3 aromatic rings. The molecule has 1 aliphatic carbocycles. The smallest absolute Gasteiger partial charge is 0.276 e. The molecule has 0 saturated carbocycles. The number of pyridine rings is 1. The van der Waals surface area contributed by atoms with Crippen LogP contribution in [-0.4, -0.2) is 31.1 Å². The number of fused-ring (bicyclic) bond motifs is 3. The predicted octanol–water partition coefficient (Wildman–Crippen LogP) is 1.92. The highest BCUT2D eigenvalue weighted by molar-refractivity contribution is 6.07. The van der Waals surface area contributed by atoms with Crippen molar-refractivity contribution < 1.29 is 4.79 Å². The van der Waals surface area contributed by atoms with Gasteiger partial charge in [-0.05, 0) is 37.5 Å². The van der Waals surface area contributed by atoms with Gasteiger partial charge in [-0.3, -0.25) is 14.9 Å². The number of aromatic amines is 1. The maximum Gasteiger partial charge on any atom is 0.276 e. The molecule has 0 aliphatic heterocycles. The van der Waals surface area contributed by atoms with Crippen molar-refractivity contribution in [2.75, 3.05) is 5.32 Å². The largest absolute Gasteiger partial charge is 0.319 e. The van der Waals surface area contributed by atoms with Gasteiger partial charge < -0.3 is 5.32 Å². The van der Waals surface area contributed by atoms with Crippen molar-refractivity contribution in [1.29, 1.82) is 0 Å². The zero-order valence-electron chi connectivity index (χ0n) is 12.5. The van der Waals surface area contributed by atoms with Gasteiger partial charge in [-0.15, -0.1) is 0 Å². The summed E-state index contributed by atoms with van der Waals surface area (Å²) in [6.07, 6.45) is 6.55. The summed E-state index contributed by atoms with van der Waals surface area (Å²) in [7, 11) is 0. The maximum atomic E-state index is 12.6. The normalized spacial score (nSPS) is 12.4. The number of H-pyrrole nitrogens is 1. The fraction of sp³-hybridized carbons (Fsp3) is 0.188. The third-order valence-electron chi connectivity index (χ3n) is 3.89. The van der Waals surface area contributed by atoms with E-state index in [2.05, 4.69) is 30.5 Å². The van der Waals surface area contributed by atoms with Crippen molar-refractivity contribution in [2.45, 2.75) is 19.8 Å². The van der Waals surface area contributed by atoms with E-state index in [0.717, 1.165) is 41.1 Å². The number of nitrogens with zero attached hydrogens (tertiary/aromatic N) is 4. The first-order chi connectivity index (χ1) is 11.2. The lowest BCUT2D eigenvalue weighted by Gasteiger charge is -2.14. The lowest BCUT2D eigenvalue weighted by atomic mass is 9.93. The fourth-order valence-corrected chi connectivity index (χ4v) is 2.74. The molecule has 3 heterocycles. The van der Waals surface area contributed by atoms with Crippen LogP contribution in [0.2, 0.25) is 0 Å². The van der Waals surface area contributed by atoms with E-state index >= 15 is 0 Å². The Morgan fingerprint density at radius 2 is 2.13 bits per heavy atom. The van der Waals surface area contributed by atoms with Crippen LogP contribution in [0.3, 0.4) is 0 Å². The van der Waals surface area contributed by atoms with E-state index < -0.39 is 0 Å². The minimum atomic E-state index is -0.278. The highest BCUT2D eigenvalue weighted by Crippen LogP contribution is 2.32. The number of hydrogen-bond donors (Lipinski definition) is 2. The number of anilines is 1. The number of aromatic nitrogens is 5. The minimum absolute atomic E-state index is 0.278. The van der Waals surface area contributed by atoms with E-state index in [4.69, 9.17) is 0 Å². The minimum Gasteiger partial charge on any atom is -0.319 e. The highest BCUT2D eigenvalue weighted by Gasteiger charge is 2.27. The first-order valence-corrected chi connectivity index (χ1v) is 7.33. The summed E-state index contributed by atoms with van der Waals surface area (Å²) >= 11 is 0. The summed E-state index contributed by atoms with van der Waals surface area (Å²) in [6, 6.07) is 3.66. The zero-order chi connectivity index (χ0) is 15.8. The zero-order valence-corrected chi connectivity index (χ0v) is 12.5. The second kappa shape index (κ2) is 5.28. The van der Waals surface area contributed by atoms with Crippen LogP contribution in [0.1, 0.15) is 27.4 Å². The highest BCUT2D eigenvalue weighted by atomic mass is 16.1. The molecule has 0 aromatic carbocycles. The average Bonchev–Trinajstić information content (AvgIpc) is 3.01. The fourth-order valence-electron chi connectivity index (χ4n) is 2.74. The lowest BCUT2D eigenvalue weighted by Crippen LogP contribution is -2.15. The Kier molecular flexibility index (Phi) is 3.11. The Morgan fingerprint density at radius 1 is 1.22 bits per heavy atom. The molecule has 114 valence electrons. The molecule has 2 N–H and O–H groups in total. The Bertz CT molecular complexity index is 884. The molecular formula is C16H14N6O. The summed E-state index contributed by atoms with van der Waals surface area (Å²) < 4.78 is 0. The number of carbonyl (C=O) groups excluding carboxylic acids is 1. The van der Waals surface area contributed by atoms with Crippen molar-refractivity contribution in [3.05, 3.63) is 53.5 Å². The van der Waals surface area contributed by atoms with Gasteiger partial charge in [0.1, 0.15) is 6.33 Å². The molecule has 1 aliphatic rings. The van der Waals surface area contributed by atoms with Gasteiger partial charge in [0.2, 0.25) is 0 Å². The second-order valence-corrected chi connectivity index (χ2v) is 5.46. The molecule has 1 amide bonds. The number of aryl methyl sites for hydroxylation is 3. The number of carbonyl (C=O) groups is 1. The average molecular weight is 306 g/mol. The van der Waals surface area contributed by atoms with Crippen LogP contribution in [0.25, 0.3) is 11.3 Å². The van der Waals surface area contributed by atoms with Gasteiger partial charge in [0, 0.05) is 17.6 Å². The molecule has 0 unspecified atom stereocenters. The second-order valence-electron chi connectivity index (χ2n) is 5.46. The summed E-state index contributed by atoms with van der Waals surface area (Å²) in [5, 5.41) is 9.97. The first-order valence-electron chi connectivity index (χ1n) is 7.33. The van der Waals surface area contributed by atoms with Crippen LogP contribution in [0.5, 0.6) is 0 Å². The predicted molar refractivity (Wildman–Crippen MR) is 83.9 cm³/mol. The molecule has 0 bridgehead atoms. The number of nitrogens with one attached hydrogen (secondary N) is 2. The molecule has 7 heteroatoms. The molecular weight excluding hydrogens is 292 g/mol. The topological polar surface area (TPSA) is 96.5 Å². The van der Waals surface area contributed by atoms with E-state index in [1.807, 2.05) is 19.1 Å². The van der Waals surface area contributed by atoms with E-state index in [1.165, 1.54) is 6.33 Å². The van der Waals surface area contributed by atoms with Crippen molar-refractivity contribution in [3.63, 3.8) is 0 Å². The molecule has 0 fully saturated rings. The van der Waals surface area contributed by atoms with Crippen LogP contribution < -0.4 is 5.32 Å².